The fourth-order valence-corrected chi connectivity index (χ4v) is 3.05. The zero-order chi connectivity index (χ0) is 16.0. The first kappa shape index (κ1) is 17.8. The minimum Gasteiger partial charge on any atom is -0.396 e. The van der Waals surface area contributed by atoms with Crippen molar-refractivity contribution in [1.82, 2.24) is 9.62 Å². The van der Waals surface area contributed by atoms with Crippen molar-refractivity contribution in [3.63, 3.8) is 0 Å². The Balaban J connectivity index is 2.68. The first-order chi connectivity index (χ1) is 9.77. The molecule has 0 amide bonds. The number of hydrogen-bond acceptors (Lipinski definition) is 5. The number of anilines is 1. The number of sulfonamides is 1. The van der Waals surface area contributed by atoms with E-state index in [1.807, 2.05) is 11.9 Å². The summed E-state index contributed by atoms with van der Waals surface area (Å²) in [5.74, 6) is -0.620. The number of ether oxygens (including phenoxy) is 1. The average molecular weight is 319 g/mol. The number of aryl methyl sites for hydroxylation is 1. The topological polar surface area (TPSA) is 84.7 Å². The number of hydrogen-bond donors (Lipinski definition) is 2. The van der Waals surface area contributed by atoms with Crippen molar-refractivity contribution in [2.24, 2.45) is 0 Å². The third-order valence-electron chi connectivity index (χ3n) is 3.05. The number of halogens is 1. The second-order valence-corrected chi connectivity index (χ2v) is 6.57. The maximum absolute atomic E-state index is 13.3. The van der Waals surface area contributed by atoms with Gasteiger partial charge in [-0.1, -0.05) is 0 Å². The van der Waals surface area contributed by atoms with Crippen molar-refractivity contribution in [3.05, 3.63) is 23.5 Å². The lowest BCUT2D eigenvalue weighted by Gasteiger charge is -2.16. The third kappa shape index (κ3) is 5.24. The monoisotopic (exact) mass is 319 g/mol. The summed E-state index contributed by atoms with van der Waals surface area (Å²) in [6, 6.07) is 2.26. The first-order valence-electron chi connectivity index (χ1n) is 6.50. The lowest BCUT2D eigenvalue weighted by atomic mass is 10.2. The number of rotatable bonds is 8. The van der Waals surface area contributed by atoms with Crippen LogP contribution < -0.4 is 10.5 Å². The lowest BCUT2D eigenvalue weighted by molar-refractivity contribution is 0.162. The van der Waals surface area contributed by atoms with Gasteiger partial charge in [0.15, 0.2) is 0 Å². The van der Waals surface area contributed by atoms with Gasteiger partial charge in [0.25, 0.3) is 0 Å². The molecule has 0 spiro atoms. The van der Waals surface area contributed by atoms with Gasteiger partial charge in [0, 0.05) is 26.7 Å². The largest absolute Gasteiger partial charge is 0.396 e. The SMILES string of the molecule is COCCN(C)CCNS(=O)(=O)c1cc(N)c(F)cc1C. The highest BCUT2D eigenvalue weighted by Crippen LogP contribution is 2.21. The Morgan fingerprint density at radius 1 is 1.38 bits per heavy atom. The van der Waals surface area contributed by atoms with E-state index < -0.39 is 15.8 Å². The Kier molecular flexibility index (Phi) is 6.53. The van der Waals surface area contributed by atoms with Crippen LogP contribution in [0.5, 0.6) is 0 Å². The normalized spacial score (nSPS) is 12.0. The van der Waals surface area contributed by atoms with Gasteiger partial charge >= 0.3 is 0 Å². The highest BCUT2D eigenvalue weighted by molar-refractivity contribution is 7.89. The van der Waals surface area contributed by atoms with Crippen LogP contribution in [0.4, 0.5) is 10.1 Å². The van der Waals surface area contributed by atoms with E-state index in [9.17, 15) is 12.8 Å². The predicted octanol–water partition coefficient (Wildman–Crippen LogP) is 0.573. The number of benzene rings is 1. The van der Waals surface area contributed by atoms with Crippen LogP contribution in [0.3, 0.4) is 0 Å². The van der Waals surface area contributed by atoms with Crippen molar-refractivity contribution < 1.29 is 17.5 Å². The van der Waals surface area contributed by atoms with Crippen LogP contribution in [0.25, 0.3) is 0 Å². The van der Waals surface area contributed by atoms with Gasteiger partial charge in [0.05, 0.1) is 17.2 Å². The molecule has 0 saturated heterocycles. The molecule has 0 saturated carbocycles. The predicted molar refractivity (Wildman–Crippen MR) is 80.1 cm³/mol. The molecule has 0 radical (unpaired) electrons. The molecule has 8 heteroatoms. The van der Waals surface area contributed by atoms with Gasteiger partial charge in [-0.3, -0.25) is 0 Å². The van der Waals surface area contributed by atoms with Crippen molar-refractivity contribution in [2.45, 2.75) is 11.8 Å². The van der Waals surface area contributed by atoms with Crippen LogP contribution in [-0.4, -0.2) is 53.7 Å². The smallest absolute Gasteiger partial charge is 0.240 e. The highest BCUT2D eigenvalue weighted by Gasteiger charge is 2.18. The fraction of sp³-hybridized carbons (Fsp3) is 0.538. The summed E-state index contributed by atoms with van der Waals surface area (Å²) in [4.78, 5) is 1.94. The quantitative estimate of drug-likeness (QED) is 0.685. The van der Waals surface area contributed by atoms with Gasteiger partial charge in [-0.2, -0.15) is 0 Å². The molecule has 1 aromatic rings. The third-order valence-corrected chi connectivity index (χ3v) is 4.65. The van der Waals surface area contributed by atoms with Gasteiger partial charge in [-0.25, -0.2) is 17.5 Å². The molecule has 0 atom stereocenters. The molecule has 1 rings (SSSR count). The van der Waals surface area contributed by atoms with Crippen molar-refractivity contribution in [1.29, 1.82) is 0 Å². The zero-order valence-corrected chi connectivity index (χ0v) is 13.3. The van der Waals surface area contributed by atoms with E-state index in [1.54, 1.807) is 7.11 Å². The van der Waals surface area contributed by atoms with Gasteiger partial charge in [-0.05, 0) is 31.7 Å². The summed E-state index contributed by atoms with van der Waals surface area (Å²) >= 11 is 0. The maximum atomic E-state index is 13.3. The molecule has 1 aromatic carbocycles. The molecule has 0 aromatic heterocycles. The number of nitrogens with two attached hydrogens (primary N) is 1. The summed E-state index contributed by atoms with van der Waals surface area (Å²) in [5.41, 5.74) is 5.57. The second-order valence-electron chi connectivity index (χ2n) is 4.83. The summed E-state index contributed by atoms with van der Waals surface area (Å²) in [6.45, 7) is 3.61. The van der Waals surface area contributed by atoms with Crippen LogP contribution in [0.2, 0.25) is 0 Å². The Morgan fingerprint density at radius 2 is 2.05 bits per heavy atom. The fourth-order valence-electron chi connectivity index (χ4n) is 1.77. The number of likely N-dealkylation sites (N-methyl/N-ethyl adjacent to an activating group) is 1. The number of nitrogen functional groups attached to an aromatic ring is 1. The van der Waals surface area contributed by atoms with E-state index in [0.717, 1.165) is 12.1 Å². The number of nitrogens with zero attached hydrogens (tertiary/aromatic N) is 1. The van der Waals surface area contributed by atoms with Gasteiger partial charge < -0.3 is 15.4 Å². The van der Waals surface area contributed by atoms with Gasteiger partial charge in [0.2, 0.25) is 10.0 Å². The van der Waals surface area contributed by atoms with Crippen molar-refractivity contribution in [3.8, 4) is 0 Å². The van der Waals surface area contributed by atoms with Crippen LogP contribution in [0, 0.1) is 12.7 Å². The van der Waals surface area contributed by atoms with E-state index in [2.05, 4.69) is 4.72 Å². The first-order valence-corrected chi connectivity index (χ1v) is 7.99. The molecule has 0 unspecified atom stereocenters. The molecular weight excluding hydrogens is 297 g/mol. The average Bonchev–Trinajstić information content (AvgIpc) is 2.40. The maximum Gasteiger partial charge on any atom is 0.240 e. The molecule has 120 valence electrons. The van der Waals surface area contributed by atoms with Crippen molar-refractivity contribution >= 4 is 15.7 Å². The molecule has 6 nitrogen and oxygen atoms in total. The zero-order valence-electron chi connectivity index (χ0n) is 12.5. The van der Waals surface area contributed by atoms with Gasteiger partial charge in [0.1, 0.15) is 5.82 Å². The Hall–Kier alpha value is -1.22. The molecule has 0 fully saturated rings. The minimum atomic E-state index is -3.70. The minimum absolute atomic E-state index is 0.000875. The second kappa shape index (κ2) is 7.69. The van der Waals surface area contributed by atoms with E-state index in [-0.39, 0.29) is 17.1 Å². The number of methoxy groups -OCH3 is 1. The molecule has 3 N–H and O–H groups in total. The molecule has 0 heterocycles. The van der Waals surface area contributed by atoms with Crippen LogP contribution >= 0.6 is 0 Å². The summed E-state index contributed by atoms with van der Waals surface area (Å²) < 4.78 is 45.0. The summed E-state index contributed by atoms with van der Waals surface area (Å²) in [6.07, 6.45) is 0. The summed E-state index contributed by atoms with van der Waals surface area (Å²) in [5, 5.41) is 0. The molecule has 0 aliphatic rings. The van der Waals surface area contributed by atoms with Crippen LogP contribution in [0.15, 0.2) is 17.0 Å². The van der Waals surface area contributed by atoms with Crippen molar-refractivity contribution in [2.75, 3.05) is 46.1 Å². The summed E-state index contributed by atoms with van der Waals surface area (Å²) in [7, 11) is -0.222. The molecule has 0 aliphatic carbocycles. The molecular formula is C13H22FN3O3S. The molecule has 21 heavy (non-hydrogen) atoms. The van der Waals surface area contributed by atoms with E-state index in [0.29, 0.717) is 25.3 Å². The standard InChI is InChI=1S/C13H22FN3O3S/c1-10-8-11(14)12(15)9-13(10)21(18,19)16-4-5-17(2)6-7-20-3/h8-9,16H,4-7,15H2,1-3H3. The van der Waals surface area contributed by atoms with E-state index >= 15 is 0 Å². The van der Waals surface area contributed by atoms with Crippen LogP contribution in [0.1, 0.15) is 5.56 Å². The Bertz CT molecular complexity index is 578. The number of nitrogens with one attached hydrogen (secondary N) is 1. The van der Waals surface area contributed by atoms with Gasteiger partial charge in [-0.15, -0.1) is 0 Å². The van der Waals surface area contributed by atoms with E-state index in [4.69, 9.17) is 10.5 Å². The molecule has 0 aliphatic heterocycles. The Morgan fingerprint density at radius 3 is 2.67 bits per heavy atom. The van der Waals surface area contributed by atoms with E-state index in [1.165, 1.54) is 6.92 Å². The molecule has 0 bridgehead atoms. The van der Waals surface area contributed by atoms with Crippen LogP contribution in [-0.2, 0) is 14.8 Å². The Labute approximate surface area is 125 Å². The highest BCUT2D eigenvalue weighted by atomic mass is 32.2. The lowest BCUT2D eigenvalue weighted by Crippen LogP contribution is -2.34.